The molecule has 0 saturated heterocycles. The number of pyridine rings is 1. The van der Waals surface area contributed by atoms with Crippen molar-refractivity contribution in [2.45, 2.75) is 30.1 Å². The number of methoxy groups -OCH3 is 1. The molecule has 2 aromatic carbocycles. The van der Waals surface area contributed by atoms with Crippen molar-refractivity contribution in [3.8, 4) is 16.2 Å². The summed E-state index contributed by atoms with van der Waals surface area (Å²) in [6, 6.07) is 12.6. The summed E-state index contributed by atoms with van der Waals surface area (Å²) >= 11 is 1.18. The van der Waals surface area contributed by atoms with Gasteiger partial charge in [0.05, 0.1) is 27.3 Å². The number of nitrogens with zero attached hydrogens (tertiary/aromatic N) is 1. The highest BCUT2D eigenvalue weighted by Crippen LogP contribution is 2.44. The third-order valence-corrected chi connectivity index (χ3v) is 9.26. The number of carbonyl (C=O) groups is 2. The van der Waals surface area contributed by atoms with Crippen molar-refractivity contribution in [3.05, 3.63) is 88.1 Å². The number of thiophene rings is 1. The van der Waals surface area contributed by atoms with E-state index in [2.05, 4.69) is 4.98 Å². The number of hydrogen-bond donors (Lipinski definition) is 3. The quantitative estimate of drug-likeness (QED) is 0.126. The second kappa shape index (κ2) is 10.7. The van der Waals surface area contributed by atoms with Crippen LogP contribution in [0, 0.1) is 6.92 Å². The summed E-state index contributed by atoms with van der Waals surface area (Å²) in [7, 11) is -2.84. The number of nitrogen functional groups attached to an aromatic ring is 1. The lowest BCUT2D eigenvalue weighted by molar-refractivity contribution is 0.0701. The average molecular weight is 552 g/mol. The van der Waals surface area contributed by atoms with Crippen molar-refractivity contribution in [1.29, 1.82) is 0 Å². The van der Waals surface area contributed by atoms with Crippen LogP contribution in [-0.2, 0) is 16.3 Å². The molecule has 38 heavy (non-hydrogen) atoms. The number of nitrogens with one attached hydrogen (secondary N) is 1. The van der Waals surface area contributed by atoms with Crippen molar-refractivity contribution in [2.75, 3.05) is 12.8 Å². The molecule has 4 aromatic rings. The highest BCUT2D eigenvalue weighted by atomic mass is 32.2. The molecule has 0 aliphatic rings. The Balaban J connectivity index is 2.11. The number of Topliss-reactive ketones (excluding diaryl/α,β-unsaturated/α-hetero) is 1. The van der Waals surface area contributed by atoms with Gasteiger partial charge in [0.25, 0.3) is 5.91 Å². The van der Waals surface area contributed by atoms with Gasteiger partial charge in [0.2, 0.25) is 9.84 Å². The average Bonchev–Trinajstić information content (AvgIpc) is 3.41. The van der Waals surface area contributed by atoms with E-state index >= 15 is 0 Å². The Kier molecular flexibility index (Phi) is 7.63. The maximum atomic E-state index is 14.0. The Labute approximate surface area is 223 Å². The van der Waals surface area contributed by atoms with Crippen LogP contribution in [0.4, 0.5) is 5.69 Å². The van der Waals surface area contributed by atoms with Gasteiger partial charge in [-0.1, -0.05) is 6.07 Å². The van der Waals surface area contributed by atoms with Crippen LogP contribution in [-0.4, -0.2) is 37.4 Å². The number of hydrogen-bond acceptors (Lipinski definition) is 9. The third kappa shape index (κ3) is 4.91. The van der Waals surface area contributed by atoms with Crippen molar-refractivity contribution in [2.24, 2.45) is 0 Å². The highest BCUT2D eigenvalue weighted by molar-refractivity contribution is 7.91. The van der Waals surface area contributed by atoms with Gasteiger partial charge in [-0.3, -0.25) is 19.8 Å². The maximum absolute atomic E-state index is 14.0. The number of sulfone groups is 1. The maximum Gasteiger partial charge on any atom is 0.276 e. The molecule has 9 nitrogen and oxygen atoms in total. The Bertz CT molecular complexity index is 1630. The highest BCUT2D eigenvalue weighted by Gasteiger charge is 2.34. The van der Waals surface area contributed by atoms with E-state index < -0.39 is 15.7 Å². The Morgan fingerprint density at radius 3 is 2.39 bits per heavy atom. The lowest BCUT2D eigenvalue weighted by Gasteiger charge is -2.22. The van der Waals surface area contributed by atoms with Gasteiger partial charge in [0.15, 0.2) is 5.78 Å². The molecule has 0 unspecified atom stereocenters. The largest absolute Gasteiger partial charge is 0.497 e. The molecular formula is C27H25N3O6S2. The van der Waals surface area contributed by atoms with Gasteiger partial charge in [0, 0.05) is 34.9 Å². The van der Waals surface area contributed by atoms with Gasteiger partial charge in [-0.25, -0.2) is 13.9 Å². The Morgan fingerprint density at radius 2 is 1.84 bits per heavy atom. The fourth-order valence-corrected chi connectivity index (χ4v) is 6.97. The molecular weight excluding hydrogens is 526 g/mol. The number of amides is 1. The smallest absolute Gasteiger partial charge is 0.276 e. The zero-order valence-corrected chi connectivity index (χ0v) is 22.4. The fourth-order valence-electron chi connectivity index (χ4n) is 4.25. The summed E-state index contributed by atoms with van der Waals surface area (Å²) < 4.78 is 33.1. The van der Waals surface area contributed by atoms with E-state index in [-0.39, 0.29) is 44.4 Å². The zero-order chi connectivity index (χ0) is 27.6. The van der Waals surface area contributed by atoms with Crippen LogP contribution in [0.3, 0.4) is 0 Å². The number of hydroxylamine groups is 1. The molecule has 0 aliphatic heterocycles. The molecule has 2 aromatic heterocycles. The van der Waals surface area contributed by atoms with Crippen LogP contribution in [0.25, 0.3) is 10.4 Å². The number of anilines is 1. The Morgan fingerprint density at radius 1 is 1.13 bits per heavy atom. The Hall–Kier alpha value is -4.06. The number of ether oxygens (including phenoxy) is 1. The summed E-state index contributed by atoms with van der Waals surface area (Å²) in [5, 5.41) is 9.71. The molecule has 196 valence electrons. The molecule has 1 amide bonds. The van der Waals surface area contributed by atoms with Gasteiger partial charge >= 0.3 is 0 Å². The first-order valence-electron chi connectivity index (χ1n) is 11.4. The van der Waals surface area contributed by atoms with Crippen molar-refractivity contribution in [1.82, 2.24) is 10.5 Å². The van der Waals surface area contributed by atoms with Gasteiger partial charge in [-0.2, -0.15) is 0 Å². The van der Waals surface area contributed by atoms with Crippen LogP contribution >= 0.6 is 11.3 Å². The molecule has 11 heteroatoms. The minimum atomic E-state index is -4.30. The first kappa shape index (κ1) is 27.0. The molecule has 0 aliphatic carbocycles. The predicted octanol–water partition coefficient (Wildman–Crippen LogP) is 4.45. The molecule has 0 spiro atoms. The van der Waals surface area contributed by atoms with Gasteiger partial charge in [0.1, 0.15) is 5.75 Å². The summed E-state index contributed by atoms with van der Waals surface area (Å²) in [5.74, 6) is -0.693. The molecule has 0 bridgehead atoms. The number of benzene rings is 2. The molecule has 2 heterocycles. The number of rotatable bonds is 8. The normalized spacial score (nSPS) is 11.3. The molecule has 0 radical (unpaired) electrons. The summed E-state index contributed by atoms with van der Waals surface area (Å²) in [6.07, 6.45) is 3.26. The van der Waals surface area contributed by atoms with Gasteiger partial charge < -0.3 is 10.5 Å². The topological polar surface area (TPSA) is 149 Å². The number of ketones is 1. The van der Waals surface area contributed by atoms with E-state index in [1.165, 1.54) is 56.6 Å². The van der Waals surface area contributed by atoms with Crippen LogP contribution < -0.4 is 16.0 Å². The van der Waals surface area contributed by atoms with Crippen LogP contribution in [0.15, 0.2) is 70.7 Å². The van der Waals surface area contributed by atoms with Crippen molar-refractivity contribution < 1.29 is 28.0 Å². The predicted molar refractivity (Wildman–Crippen MR) is 144 cm³/mol. The lowest BCUT2D eigenvalue weighted by Crippen LogP contribution is -2.25. The molecule has 0 saturated carbocycles. The first-order valence-corrected chi connectivity index (χ1v) is 13.7. The minimum absolute atomic E-state index is 0.0782. The van der Waals surface area contributed by atoms with Crippen molar-refractivity contribution >= 4 is 38.6 Å². The lowest BCUT2D eigenvalue weighted by atomic mass is 9.90. The van der Waals surface area contributed by atoms with Crippen LogP contribution in [0.2, 0.25) is 0 Å². The summed E-state index contributed by atoms with van der Waals surface area (Å²) in [6.45, 7) is 2.95. The van der Waals surface area contributed by atoms with Crippen LogP contribution in [0.5, 0.6) is 5.75 Å². The minimum Gasteiger partial charge on any atom is -0.497 e. The second-order valence-electron chi connectivity index (χ2n) is 8.47. The number of nitrogens with two attached hydrogens (primary N) is 1. The standard InChI is InChI=1S/C27H25N3O6S2/c1-15-25(28)23(22-11-10-21(37-22)16(2)31)20(13-17-5-4-12-29-14-17)24(27(32)30-33)26(15)38(34,35)19-8-6-18(36-3)7-9-19/h4-12,14,33H,13,28H2,1-3H3,(H,30,32). The SMILES string of the molecule is COc1ccc(S(=O)(=O)c2c(C)c(N)c(-c3ccc(C(C)=O)s3)c(Cc3cccnc3)c2C(=O)NO)cc1. The zero-order valence-electron chi connectivity index (χ0n) is 20.8. The van der Waals surface area contributed by atoms with E-state index in [4.69, 9.17) is 10.5 Å². The van der Waals surface area contributed by atoms with E-state index in [1.54, 1.807) is 42.1 Å². The van der Waals surface area contributed by atoms with Crippen molar-refractivity contribution in [3.63, 3.8) is 0 Å². The molecule has 0 atom stereocenters. The summed E-state index contributed by atoms with van der Waals surface area (Å²) in [5.41, 5.74) is 9.63. The second-order valence-corrected chi connectivity index (χ2v) is 11.4. The van der Waals surface area contributed by atoms with E-state index in [1.807, 2.05) is 0 Å². The molecule has 4 rings (SSSR count). The summed E-state index contributed by atoms with van der Waals surface area (Å²) in [4.78, 5) is 30.0. The third-order valence-electron chi connectivity index (χ3n) is 6.11. The fraction of sp³-hybridized carbons (Fsp3) is 0.148. The van der Waals surface area contributed by atoms with Crippen LogP contribution in [0.1, 0.15) is 43.6 Å². The number of carbonyl (C=O) groups excluding carboxylic acids is 2. The van der Waals surface area contributed by atoms with E-state index in [0.717, 1.165) is 0 Å². The van der Waals surface area contributed by atoms with Gasteiger partial charge in [-0.05, 0) is 73.0 Å². The molecule has 0 fully saturated rings. The number of aromatic nitrogens is 1. The first-order chi connectivity index (χ1) is 18.1. The van der Waals surface area contributed by atoms with Gasteiger partial charge in [-0.15, -0.1) is 11.3 Å². The monoisotopic (exact) mass is 551 g/mol. The van der Waals surface area contributed by atoms with E-state index in [0.29, 0.717) is 26.6 Å². The molecule has 4 N–H and O–H groups in total. The van der Waals surface area contributed by atoms with E-state index in [9.17, 15) is 23.2 Å².